The average molecular weight is 338 g/mol. The minimum absolute atomic E-state index is 0.0462. The number of azide groups is 1. The third kappa shape index (κ3) is 2.66. The normalized spacial score (nSPS) is 27.3. The van der Waals surface area contributed by atoms with Crippen LogP contribution in [-0.4, -0.2) is 60.1 Å². The average Bonchev–Trinajstić information content (AvgIpc) is 3.05. The predicted octanol–water partition coefficient (Wildman–Crippen LogP) is 0.332. The zero-order valence-corrected chi connectivity index (χ0v) is 12.8. The maximum atomic E-state index is 10.2. The van der Waals surface area contributed by atoms with Crippen molar-refractivity contribution in [1.82, 2.24) is 19.5 Å². The monoisotopic (exact) mass is 338 g/mol. The first-order valence-corrected chi connectivity index (χ1v) is 8.02. The smallest absolute Gasteiger partial charge is 0.220 e. The lowest BCUT2D eigenvalue weighted by Crippen LogP contribution is -2.32. The fourth-order valence-corrected chi connectivity index (χ4v) is 3.06. The van der Waals surface area contributed by atoms with Gasteiger partial charge in [0.15, 0.2) is 17.7 Å². The standard InChI is InChI=1S/C11H14N8O3S/c1-23-2-4-6(20)7(21)10(22-4)19-3-14-5-8(12)15-11(17-18-13)16-9(5)19/h3-4,6-7,10,20-21H,2H2,1H3,(H2,12,15,16)/t4-,6-,7-,10-/m1/s1. The third-order valence-electron chi connectivity index (χ3n) is 3.51. The van der Waals surface area contributed by atoms with Crippen LogP contribution in [0.25, 0.3) is 21.6 Å². The molecule has 23 heavy (non-hydrogen) atoms. The van der Waals surface area contributed by atoms with Crippen LogP contribution in [0.3, 0.4) is 0 Å². The molecule has 4 atom stereocenters. The van der Waals surface area contributed by atoms with Gasteiger partial charge in [0.05, 0.1) is 12.4 Å². The second-order valence-corrected chi connectivity index (χ2v) is 5.83. The number of hydrogen-bond donors (Lipinski definition) is 3. The Hall–Kier alpha value is -2.11. The van der Waals surface area contributed by atoms with Gasteiger partial charge >= 0.3 is 0 Å². The van der Waals surface area contributed by atoms with Crippen molar-refractivity contribution >= 4 is 34.7 Å². The summed E-state index contributed by atoms with van der Waals surface area (Å²) in [5.74, 6) is 0.417. The summed E-state index contributed by atoms with van der Waals surface area (Å²) in [6.45, 7) is 0. The first-order chi connectivity index (χ1) is 11.1. The topological polar surface area (TPSA) is 168 Å². The van der Waals surface area contributed by atoms with E-state index in [9.17, 15) is 10.2 Å². The van der Waals surface area contributed by atoms with Crippen molar-refractivity contribution in [1.29, 1.82) is 0 Å². The number of imidazole rings is 1. The van der Waals surface area contributed by atoms with Gasteiger partial charge in [0.1, 0.15) is 17.7 Å². The molecule has 1 aliphatic heterocycles. The van der Waals surface area contributed by atoms with Crippen molar-refractivity contribution in [2.24, 2.45) is 5.11 Å². The molecule has 0 aromatic carbocycles. The molecule has 0 unspecified atom stereocenters. The van der Waals surface area contributed by atoms with Gasteiger partial charge in [-0.2, -0.15) is 11.8 Å². The molecule has 11 nitrogen and oxygen atoms in total. The van der Waals surface area contributed by atoms with Crippen LogP contribution < -0.4 is 5.73 Å². The summed E-state index contributed by atoms with van der Waals surface area (Å²) in [7, 11) is 0. The molecule has 1 fully saturated rings. The highest BCUT2D eigenvalue weighted by molar-refractivity contribution is 7.98. The number of aliphatic hydroxyl groups excluding tert-OH is 2. The van der Waals surface area contributed by atoms with Crippen molar-refractivity contribution in [2.75, 3.05) is 17.7 Å². The van der Waals surface area contributed by atoms with Crippen molar-refractivity contribution in [3.05, 3.63) is 16.8 Å². The van der Waals surface area contributed by atoms with E-state index in [1.165, 1.54) is 22.7 Å². The molecule has 2 aromatic heterocycles. The number of aliphatic hydroxyl groups is 2. The number of nitrogens with zero attached hydrogens (tertiary/aromatic N) is 7. The lowest BCUT2D eigenvalue weighted by molar-refractivity contribution is -0.0288. The molecule has 0 amide bonds. The molecule has 0 spiro atoms. The van der Waals surface area contributed by atoms with Crippen LogP contribution in [0, 0.1) is 0 Å². The van der Waals surface area contributed by atoms with E-state index < -0.39 is 24.5 Å². The SMILES string of the molecule is CSC[C@H]1O[C@@H](n2cnc3c(N)nc(N=[N+]=[N-])nc32)[C@H](O)[C@@H]1O. The van der Waals surface area contributed by atoms with Gasteiger partial charge in [0.25, 0.3) is 0 Å². The lowest BCUT2D eigenvalue weighted by Gasteiger charge is -2.16. The summed E-state index contributed by atoms with van der Waals surface area (Å²) < 4.78 is 7.16. The number of thioether (sulfide) groups is 1. The van der Waals surface area contributed by atoms with Gasteiger partial charge in [-0.1, -0.05) is 0 Å². The Morgan fingerprint density at radius 1 is 1.48 bits per heavy atom. The van der Waals surface area contributed by atoms with Crippen molar-refractivity contribution < 1.29 is 14.9 Å². The van der Waals surface area contributed by atoms with E-state index in [4.69, 9.17) is 16.0 Å². The molecule has 4 N–H and O–H groups in total. The van der Waals surface area contributed by atoms with Gasteiger partial charge in [-0.3, -0.25) is 4.57 Å². The third-order valence-corrected chi connectivity index (χ3v) is 4.17. The highest BCUT2D eigenvalue weighted by Gasteiger charge is 2.44. The fraction of sp³-hybridized carbons (Fsp3) is 0.545. The second-order valence-electron chi connectivity index (χ2n) is 4.92. The van der Waals surface area contributed by atoms with Gasteiger partial charge in [0, 0.05) is 10.7 Å². The van der Waals surface area contributed by atoms with E-state index in [-0.39, 0.29) is 17.4 Å². The minimum atomic E-state index is -1.15. The maximum absolute atomic E-state index is 10.2. The number of fused-ring (bicyclic) bond motifs is 1. The number of rotatable bonds is 4. The summed E-state index contributed by atoms with van der Waals surface area (Å²) >= 11 is 1.50. The van der Waals surface area contributed by atoms with Crippen LogP contribution >= 0.6 is 11.8 Å². The van der Waals surface area contributed by atoms with Crippen molar-refractivity contribution in [3.8, 4) is 0 Å². The van der Waals surface area contributed by atoms with Crippen LogP contribution in [0.15, 0.2) is 11.4 Å². The molecule has 2 aromatic rings. The molecule has 0 radical (unpaired) electrons. The number of anilines is 1. The zero-order chi connectivity index (χ0) is 16.6. The van der Waals surface area contributed by atoms with E-state index in [1.54, 1.807) is 0 Å². The molecule has 12 heteroatoms. The molecular weight excluding hydrogens is 324 g/mol. The number of aromatic nitrogens is 4. The fourth-order valence-electron chi connectivity index (χ4n) is 2.46. The first kappa shape index (κ1) is 15.8. The molecule has 0 aliphatic carbocycles. The largest absolute Gasteiger partial charge is 0.387 e. The molecule has 0 saturated carbocycles. The summed E-state index contributed by atoms with van der Waals surface area (Å²) in [6, 6.07) is 0. The quantitative estimate of drug-likeness (QED) is 0.407. The Morgan fingerprint density at radius 2 is 2.26 bits per heavy atom. The number of nitrogen functional groups attached to an aromatic ring is 1. The first-order valence-electron chi connectivity index (χ1n) is 6.62. The molecule has 122 valence electrons. The van der Waals surface area contributed by atoms with Gasteiger partial charge in [-0.05, 0) is 16.9 Å². The molecule has 1 saturated heterocycles. The van der Waals surface area contributed by atoms with E-state index in [0.717, 1.165) is 0 Å². The summed E-state index contributed by atoms with van der Waals surface area (Å²) in [6.07, 6.45) is -0.303. The van der Waals surface area contributed by atoms with Gasteiger partial charge in [-0.25, -0.2) is 15.0 Å². The van der Waals surface area contributed by atoms with E-state index >= 15 is 0 Å². The van der Waals surface area contributed by atoms with Gasteiger partial charge in [0.2, 0.25) is 5.95 Å². The highest BCUT2D eigenvalue weighted by Crippen LogP contribution is 2.33. The predicted molar refractivity (Wildman–Crippen MR) is 82.8 cm³/mol. The van der Waals surface area contributed by atoms with Crippen LogP contribution in [0.2, 0.25) is 0 Å². The van der Waals surface area contributed by atoms with Crippen LogP contribution in [-0.2, 0) is 4.74 Å². The van der Waals surface area contributed by atoms with Crippen molar-refractivity contribution in [2.45, 2.75) is 24.5 Å². The van der Waals surface area contributed by atoms with E-state index in [1.807, 2.05) is 6.26 Å². The minimum Gasteiger partial charge on any atom is -0.387 e. The van der Waals surface area contributed by atoms with Crippen molar-refractivity contribution in [3.63, 3.8) is 0 Å². The molecule has 3 rings (SSSR count). The van der Waals surface area contributed by atoms with E-state index in [2.05, 4.69) is 25.0 Å². The van der Waals surface area contributed by atoms with Crippen LogP contribution in [0.4, 0.5) is 11.8 Å². The van der Waals surface area contributed by atoms with Crippen LogP contribution in [0.5, 0.6) is 0 Å². The number of ether oxygens (including phenoxy) is 1. The Bertz CT molecular complexity index is 776. The Balaban J connectivity index is 2.04. The number of nitrogens with two attached hydrogens (primary N) is 1. The summed E-state index contributed by atoms with van der Waals surface area (Å²) in [4.78, 5) is 14.6. The summed E-state index contributed by atoms with van der Waals surface area (Å²) in [5, 5.41) is 23.6. The van der Waals surface area contributed by atoms with E-state index in [0.29, 0.717) is 11.3 Å². The zero-order valence-electron chi connectivity index (χ0n) is 12.0. The number of hydrogen-bond acceptors (Lipinski definition) is 9. The molecular formula is C11H14N8O3S. The molecule has 1 aliphatic rings. The maximum Gasteiger partial charge on any atom is 0.220 e. The Labute approximate surface area is 134 Å². The lowest BCUT2D eigenvalue weighted by atomic mass is 10.1. The van der Waals surface area contributed by atoms with Gasteiger partial charge < -0.3 is 20.7 Å². The second kappa shape index (κ2) is 6.18. The molecule has 0 bridgehead atoms. The highest BCUT2D eigenvalue weighted by atomic mass is 32.2. The Kier molecular flexibility index (Phi) is 4.24. The Morgan fingerprint density at radius 3 is 2.96 bits per heavy atom. The van der Waals surface area contributed by atoms with Gasteiger partial charge in [-0.15, -0.1) is 0 Å². The summed E-state index contributed by atoms with van der Waals surface area (Å²) in [5.41, 5.74) is 14.8. The van der Waals surface area contributed by atoms with Crippen LogP contribution in [0.1, 0.15) is 6.23 Å². The molecule has 3 heterocycles.